The van der Waals surface area contributed by atoms with Gasteiger partial charge in [0.15, 0.2) is 0 Å². The van der Waals surface area contributed by atoms with Crippen LogP contribution in [0.1, 0.15) is 0 Å². The summed E-state index contributed by atoms with van der Waals surface area (Å²) in [6.45, 7) is 0. The van der Waals surface area contributed by atoms with Gasteiger partial charge < -0.3 is 10.5 Å². The molecule has 1 aromatic rings. The molecule has 8 heteroatoms. The number of nitrogens with two attached hydrogens (primary N) is 1. The topological polar surface area (TPSA) is 47.6 Å². The Hall–Kier alpha value is -1.14. The first-order chi connectivity index (χ1) is 8.35. The predicted octanol–water partition coefficient (Wildman–Crippen LogP) is 3.42. The Morgan fingerprint density at radius 2 is 1.94 bits per heavy atom. The van der Waals surface area contributed by atoms with Crippen molar-refractivity contribution in [1.29, 1.82) is 0 Å². The summed E-state index contributed by atoms with van der Waals surface area (Å²) in [5, 5.41) is 0. The molecule has 18 heavy (non-hydrogen) atoms. The Bertz CT molecular complexity index is 424. The zero-order valence-corrected chi connectivity index (χ0v) is 10.4. The Morgan fingerprint density at radius 3 is 2.39 bits per heavy atom. The van der Waals surface area contributed by atoms with Crippen LogP contribution >= 0.6 is 23.2 Å². The fourth-order valence-electron chi connectivity index (χ4n) is 0.986. The average molecular weight is 301 g/mol. The molecule has 0 amide bonds. The molecule has 0 aliphatic carbocycles. The SMILES string of the molecule is NC(CCl)=Nc1ccc(OC(F)(F)C(F)Cl)cc1. The molecule has 1 aromatic carbocycles. The van der Waals surface area contributed by atoms with E-state index in [-0.39, 0.29) is 17.5 Å². The van der Waals surface area contributed by atoms with Crippen molar-refractivity contribution in [3.63, 3.8) is 0 Å². The molecule has 1 atom stereocenters. The Kier molecular flexibility index (Phi) is 5.10. The molecule has 3 nitrogen and oxygen atoms in total. The van der Waals surface area contributed by atoms with E-state index in [0.29, 0.717) is 5.69 Å². The van der Waals surface area contributed by atoms with E-state index in [1.807, 2.05) is 0 Å². The van der Waals surface area contributed by atoms with Crippen molar-refractivity contribution < 1.29 is 17.9 Å². The molecule has 0 aromatic heterocycles. The van der Waals surface area contributed by atoms with Gasteiger partial charge in [-0.1, -0.05) is 11.6 Å². The Balaban J connectivity index is 2.78. The van der Waals surface area contributed by atoms with E-state index in [0.717, 1.165) is 0 Å². The van der Waals surface area contributed by atoms with Crippen molar-refractivity contribution in [3.8, 4) is 5.75 Å². The van der Waals surface area contributed by atoms with Crippen LogP contribution in [-0.4, -0.2) is 23.5 Å². The lowest BCUT2D eigenvalue weighted by atomic mass is 10.3. The standard InChI is InChI=1S/C10H9Cl2F3N2O/c11-5-8(16)17-6-1-3-7(4-2-6)18-10(14,15)9(12)13/h1-4,9H,5H2,(H2,16,17). The minimum atomic E-state index is -4.10. The van der Waals surface area contributed by atoms with Gasteiger partial charge in [0, 0.05) is 0 Å². The molecule has 1 unspecified atom stereocenters. The van der Waals surface area contributed by atoms with Crippen LogP contribution in [0.4, 0.5) is 18.9 Å². The summed E-state index contributed by atoms with van der Waals surface area (Å²) in [5.41, 5.74) is 2.86. The lowest BCUT2D eigenvalue weighted by Gasteiger charge is -2.17. The van der Waals surface area contributed by atoms with E-state index in [9.17, 15) is 13.2 Å². The smallest absolute Gasteiger partial charge is 0.429 e. The van der Waals surface area contributed by atoms with Gasteiger partial charge in [-0.05, 0) is 24.3 Å². The minimum Gasteiger partial charge on any atom is -0.429 e. The third kappa shape index (κ3) is 4.27. The molecule has 0 spiro atoms. The number of nitrogens with zero attached hydrogens (tertiary/aromatic N) is 1. The quantitative estimate of drug-likeness (QED) is 0.514. The third-order valence-corrected chi connectivity index (χ3v) is 2.28. The number of alkyl halides is 5. The van der Waals surface area contributed by atoms with Gasteiger partial charge in [-0.25, -0.2) is 9.38 Å². The molecule has 100 valence electrons. The molecule has 0 saturated carbocycles. The molecule has 1 rings (SSSR count). The third-order valence-electron chi connectivity index (χ3n) is 1.75. The molecule has 0 aliphatic heterocycles. The number of halogens is 5. The first-order valence-electron chi connectivity index (χ1n) is 4.69. The second kappa shape index (κ2) is 6.15. The molecular formula is C10H9Cl2F3N2O. The Morgan fingerprint density at radius 1 is 1.39 bits per heavy atom. The van der Waals surface area contributed by atoms with Crippen LogP contribution in [0.2, 0.25) is 0 Å². The molecule has 0 saturated heterocycles. The summed E-state index contributed by atoms with van der Waals surface area (Å²) < 4.78 is 42.0. The number of hydrogen-bond donors (Lipinski definition) is 1. The molecule has 0 aliphatic rings. The summed E-state index contributed by atoms with van der Waals surface area (Å²) >= 11 is 10.1. The summed E-state index contributed by atoms with van der Waals surface area (Å²) in [6.07, 6.45) is -4.10. The van der Waals surface area contributed by atoms with E-state index in [2.05, 4.69) is 21.3 Å². The molecule has 0 fully saturated rings. The number of hydrogen-bond acceptors (Lipinski definition) is 2. The van der Waals surface area contributed by atoms with Gasteiger partial charge in [-0.2, -0.15) is 8.78 Å². The second-order valence-electron chi connectivity index (χ2n) is 3.20. The molecular weight excluding hydrogens is 292 g/mol. The highest BCUT2D eigenvalue weighted by molar-refractivity contribution is 6.28. The number of rotatable bonds is 5. The van der Waals surface area contributed by atoms with Crippen molar-refractivity contribution in [2.24, 2.45) is 10.7 Å². The number of aliphatic imine (C=N–C) groups is 1. The summed E-state index contributed by atoms with van der Waals surface area (Å²) in [5.74, 6) is -0.0153. The molecule has 2 N–H and O–H groups in total. The van der Waals surface area contributed by atoms with E-state index in [1.165, 1.54) is 24.3 Å². The lowest BCUT2D eigenvalue weighted by molar-refractivity contribution is -0.199. The highest BCUT2D eigenvalue weighted by Crippen LogP contribution is 2.29. The fourth-order valence-corrected chi connectivity index (χ4v) is 1.09. The fraction of sp³-hybridized carbons (Fsp3) is 0.300. The van der Waals surface area contributed by atoms with Gasteiger partial charge in [0.2, 0.25) is 0 Å². The maximum atomic E-state index is 12.8. The molecule has 0 heterocycles. The van der Waals surface area contributed by atoms with Crippen molar-refractivity contribution in [1.82, 2.24) is 0 Å². The van der Waals surface area contributed by atoms with Crippen LogP contribution in [0, 0.1) is 0 Å². The van der Waals surface area contributed by atoms with E-state index >= 15 is 0 Å². The molecule has 0 bridgehead atoms. The number of ether oxygens (including phenoxy) is 1. The van der Waals surface area contributed by atoms with Crippen molar-refractivity contribution in [2.75, 3.05) is 5.88 Å². The summed E-state index contributed by atoms with van der Waals surface area (Å²) in [4.78, 5) is 3.87. The van der Waals surface area contributed by atoms with Gasteiger partial charge in [-0.3, -0.25) is 0 Å². The van der Waals surface area contributed by atoms with Crippen molar-refractivity contribution in [3.05, 3.63) is 24.3 Å². The summed E-state index contributed by atoms with van der Waals surface area (Å²) in [6, 6.07) is 5.11. The minimum absolute atomic E-state index is 0.0477. The zero-order valence-electron chi connectivity index (χ0n) is 8.92. The van der Waals surface area contributed by atoms with Gasteiger partial charge in [0.05, 0.1) is 11.6 Å². The van der Waals surface area contributed by atoms with Crippen LogP contribution in [0.3, 0.4) is 0 Å². The van der Waals surface area contributed by atoms with Gasteiger partial charge in [-0.15, -0.1) is 11.6 Å². The summed E-state index contributed by atoms with van der Waals surface area (Å²) in [7, 11) is 0. The van der Waals surface area contributed by atoms with Crippen LogP contribution in [-0.2, 0) is 0 Å². The second-order valence-corrected chi connectivity index (χ2v) is 3.85. The highest BCUT2D eigenvalue weighted by Gasteiger charge is 2.42. The monoisotopic (exact) mass is 300 g/mol. The van der Waals surface area contributed by atoms with E-state index < -0.39 is 11.7 Å². The predicted molar refractivity (Wildman–Crippen MR) is 64.8 cm³/mol. The number of benzene rings is 1. The van der Waals surface area contributed by atoms with Crippen LogP contribution in [0.5, 0.6) is 5.75 Å². The largest absolute Gasteiger partial charge is 0.444 e. The first-order valence-corrected chi connectivity index (χ1v) is 5.66. The van der Waals surface area contributed by atoms with Crippen LogP contribution < -0.4 is 10.5 Å². The van der Waals surface area contributed by atoms with Gasteiger partial charge >= 0.3 is 6.11 Å². The Labute approximate surface area is 111 Å². The highest BCUT2D eigenvalue weighted by atomic mass is 35.5. The number of amidine groups is 1. The van der Waals surface area contributed by atoms with Crippen LogP contribution in [0.25, 0.3) is 0 Å². The maximum Gasteiger partial charge on any atom is 0.444 e. The lowest BCUT2D eigenvalue weighted by Crippen LogP contribution is -2.32. The average Bonchev–Trinajstić information content (AvgIpc) is 2.31. The van der Waals surface area contributed by atoms with E-state index in [1.54, 1.807) is 0 Å². The first kappa shape index (κ1) is 14.9. The van der Waals surface area contributed by atoms with Gasteiger partial charge in [0.25, 0.3) is 5.63 Å². The molecule has 0 radical (unpaired) electrons. The van der Waals surface area contributed by atoms with Crippen molar-refractivity contribution >= 4 is 34.7 Å². The zero-order chi connectivity index (χ0) is 13.8. The maximum absolute atomic E-state index is 12.8. The van der Waals surface area contributed by atoms with Gasteiger partial charge in [0.1, 0.15) is 11.6 Å². The van der Waals surface area contributed by atoms with Crippen molar-refractivity contribution in [2.45, 2.75) is 11.7 Å². The van der Waals surface area contributed by atoms with Crippen LogP contribution in [0.15, 0.2) is 29.3 Å². The van der Waals surface area contributed by atoms with E-state index in [4.69, 9.17) is 17.3 Å². The normalized spacial score (nSPS) is 14.4.